The first-order valence-electron chi connectivity index (χ1n) is 6.69. The Kier molecular flexibility index (Phi) is 3.60. The average molecular weight is 309 g/mol. The van der Waals surface area contributed by atoms with Crippen LogP contribution in [0.4, 0.5) is 5.69 Å². The lowest BCUT2D eigenvalue weighted by atomic mass is 9.91. The molecule has 1 aromatic heterocycles. The highest BCUT2D eigenvalue weighted by molar-refractivity contribution is 6.03. The molecule has 0 aliphatic rings. The second-order valence-corrected chi connectivity index (χ2v) is 4.78. The van der Waals surface area contributed by atoms with Gasteiger partial charge in [-0.3, -0.25) is 15.2 Å². The van der Waals surface area contributed by atoms with Crippen molar-refractivity contribution in [2.24, 2.45) is 0 Å². The number of H-pyrrole nitrogens is 1. The lowest BCUT2D eigenvalue weighted by Gasteiger charge is -2.12. The molecule has 7 nitrogen and oxygen atoms in total. The van der Waals surface area contributed by atoms with Crippen LogP contribution >= 0.6 is 0 Å². The topological polar surface area (TPSA) is 109 Å². The van der Waals surface area contributed by atoms with E-state index in [1.54, 1.807) is 36.4 Å². The van der Waals surface area contributed by atoms with E-state index < -0.39 is 10.9 Å². The maximum absolute atomic E-state index is 11.6. The predicted molar refractivity (Wildman–Crippen MR) is 83.1 cm³/mol. The third-order valence-electron chi connectivity index (χ3n) is 3.44. The van der Waals surface area contributed by atoms with E-state index in [-0.39, 0.29) is 22.4 Å². The monoisotopic (exact) mass is 309 g/mol. The number of carbonyl (C=O) groups is 1. The first-order chi connectivity index (χ1) is 11.1. The van der Waals surface area contributed by atoms with Gasteiger partial charge in [-0.05, 0) is 17.7 Å². The van der Waals surface area contributed by atoms with E-state index in [0.717, 1.165) is 0 Å². The maximum Gasteiger partial charge on any atom is 0.336 e. The molecule has 0 saturated heterocycles. The highest BCUT2D eigenvalue weighted by Gasteiger charge is 2.26. The van der Waals surface area contributed by atoms with E-state index in [4.69, 9.17) is 0 Å². The molecular weight excluding hydrogens is 298 g/mol. The van der Waals surface area contributed by atoms with Crippen LogP contribution in [0.25, 0.3) is 22.4 Å². The molecule has 0 aliphatic carbocycles. The summed E-state index contributed by atoms with van der Waals surface area (Å²) in [6.45, 7) is 0. The molecule has 0 atom stereocenters. The fourth-order valence-electron chi connectivity index (χ4n) is 2.49. The number of aromatic amines is 1. The highest BCUT2D eigenvalue weighted by atomic mass is 16.6. The second-order valence-electron chi connectivity index (χ2n) is 4.78. The highest BCUT2D eigenvalue weighted by Crippen LogP contribution is 2.40. The molecule has 1 heterocycles. The van der Waals surface area contributed by atoms with Gasteiger partial charge < -0.3 is 5.11 Å². The largest absolute Gasteiger partial charge is 0.478 e. The van der Waals surface area contributed by atoms with Gasteiger partial charge in [-0.2, -0.15) is 5.10 Å². The van der Waals surface area contributed by atoms with Crippen molar-refractivity contribution in [1.29, 1.82) is 0 Å². The van der Waals surface area contributed by atoms with E-state index in [1.807, 2.05) is 0 Å². The van der Waals surface area contributed by atoms with Crippen LogP contribution in [0.2, 0.25) is 0 Å². The van der Waals surface area contributed by atoms with Gasteiger partial charge in [0.1, 0.15) is 0 Å². The summed E-state index contributed by atoms with van der Waals surface area (Å²) in [4.78, 5) is 22.5. The van der Waals surface area contributed by atoms with Gasteiger partial charge in [-0.25, -0.2) is 4.79 Å². The number of nitrogens with one attached hydrogen (secondary N) is 1. The van der Waals surface area contributed by atoms with Crippen LogP contribution in [0.5, 0.6) is 0 Å². The second kappa shape index (κ2) is 5.72. The zero-order chi connectivity index (χ0) is 16.4. The number of hydrogen-bond acceptors (Lipinski definition) is 4. The van der Waals surface area contributed by atoms with Crippen molar-refractivity contribution in [2.75, 3.05) is 0 Å². The molecule has 7 heteroatoms. The third kappa shape index (κ3) is 2.55. The summed E-state index contributed by atoms with van der Waals surface area (Å²) in [7, 11) is 0. The summed E-state index contributed by atoms with van der Waals surface area (Å²) in [6, 6.07) is 12.7. The minimum Gasteiger partial charge on any atom is -0.478 e. The molecule has 0 saturated carbocycles. The van der Waals surface area contributed by atoms with Crippen LogP contribution in [0.3, 0.4) is 0 Å². The minimum atomic E-state index is -1.17. The molecule has 0 fully saturated rings. The van der Waals surface area contributed by atoms with Crippen molar-refractivity contribution in [3.63, 3.8) is 0 Å². The Morgan fingerprint density at radius 2 is 1.83 bits per heavy atom. The van der Waals surface area contributed by atoms with E-state index in [1.165, 1.54) is 18.3 Å². The van der Waals surface area contributed by atoms with Crippen LogP contribution in [-0.4, -0.2) is 26.2 Å². The van der Waals surface area contributed by atoms with Crippen molar-refractivity contribution >= 4 is 11.7 Å². The molecule has 0 radical (unpaired) electrons. The minimum absolute atomic E-state index is 0.0290. The fourth-order valence-corrected chi connectivity index (χ4v) is 2.49. The van der Waals surface area contributed by atoms with Gasteiger partial charge in [0.15, 0.2) is 0 Å². The summed E-state index contributed by atoms with van der Waals surface area (Å²) in [5.74, 6) is -1.17. The van der Waals surface area contributed by atoms with Crippen LogP contribution in [0.1, 0.15) is 10.4 Å². The lowest BCUT2D eigenvalue weighted by molar-refractivity contribution is -0.384. The van der Waals surface area contributed by atoms with Gasteiger partial charge in [0, 0.05) is 17.8 Å². The van der Waals surface area contributed by atoms with Gasteiger partial charge in [0.25, 0.3) is 5.69 Å². The molecule has 0 bridgehead atoms. The number of nitrogens with zero attached hydrogens (tertiary/aromatic N) is 2. The fraction of sp³-hybridized carbons (Fsp3) is 0. The van der Waals surface area contributed by atoms with Crippen molar-refractivity contribution in [3.8, 4) is 22.4 Å². The van der Waals surface area contributed by atoms with Gasteiger partial charge in [0.05, 0.1) is 21.7 Å². The average Bonchev–Trinajstić information content (AvgIpc) is 3.08. The summed E-state index contributed by atoms with van der Waals surface area (Å²) in [5, 5.41) is 27.4. The maximum atomic E-state index is 11.6. The summed E-state index contributed by atoms with van der Waals surface area (Å²) >= 11 is 0. The van der Waals surface area contributed by atoms with Crippen molar-refractivity contribution < 1.29 is 14.8 Å². The van der Waals surface area contributed by atoms with Gasteiger partial charge >= 0.3 is 5.97 Å². The van der Waals surface area contributed by atoms with Crippen molar-refractivity contribution in [3.05, 3.63) is 70.4 Å². The molecule has 114 valence electrons. The number of aromatic nitrogens is 2. The molecule has 2 aromatic carbocycles. The first kappa shape index (κ1) is 14.5. The number of nitro groups is 1. The van der Waals surface area contributed by atoms with Gasteiger partial charge in [-0.15, -0.1) is 0 Å². The predicted octanol–water partition coefficient (Wildman–Crippen LogP) is 3.35. The molecule has 0 spiro atoms. The number of hydrogen-bond donors (Lipinski definition) is 2. The number of carboxylic acids is 1. The molecular formula is C16H11N3O4. The summed E-state index contributed by atoms with van der Waals surface area (Å²) in [6.07, 6.45) is 1.47. The van der Waals surface area contributed by atoms with Crippen LogP contribution in [-0.2, 0) is 0 Å². The van der Waals surface area contributed by atoms with Crippen LogP contribution in [0, 0.1) is 10.1 Å². The summed E-state index contributed by atoms with van der Waals surface area (Å²) < 4.78 is 0. The number of aromatic carboxylic acids is 1. The van der Waals surface area contributed by atoms with Gasteiger partial charge in [0.2, 0.25) is 0 Å². The molecule has 0 amide bonds. The van der Waals surface area contributed by atoms with E-state index in [2.05, 4.69) is 10.2 Å². The van der Waals surface area contributed by atoms with Crippen molar-refractivity contribution in [2.45, 2.75) is 0 Å². The molecule has 23 heavy (non-hydrogen) atoms. The van der Waals surface area contributed by atoms with Gasteiger partial charge in [-0.1, -0.05) is 30.3 Å². The zero-order valence-electron chi connectivity index (χ0n) is 11.8. The summed E-state index contributed by atoms with van der Waals surface area (Å²) in [5.41, 5.74) is 1.27. The number of carboxylic acid groups (broad SMARTS) is 1. The number of nitro benzene ring substituents is 1. The Hall–Kier alpha value is -3.48. The Bertz CT molecular complexity index is 874. The molecule has 3 rings (SSSR count). The molecule has 0 aliphatic heterocycles. The van der Waals surface area contributed by atoms with E-state index in [9.17, 15) is 20.0 Å². The van der Waals surface area contributed by atoms with E-state index in [0.29, 0.717) is 11.3 Å². The number of rotatable bonds is 4. The Morgan fingerprint density at radius 3 is 2.39 bits per heavy atom. The normalized spacial score (nSPS) is 10.4. The zero-order valence-corrected chi connectivity index (χ0v) is 11.8. The Balaban J connectivity index is 2.44. The Labute approximate surface area is 130 Å². The van der Waals surface area contributed by atoms with Crippen LogP contribution < -0.4 is 0 Å². The SMILES string of the molecule is O=C(O)c1ccc([N+](=O)[O-])c(-c2ccccc2)c1-c1ccn[nH]1. The molecule has 0 unspecified atom stereocenters. The smallest absolute Gasteiger partial charge is 0.336 e. The standard InChI is InChI=1S/C16H11N3O4/c20-16(21)11-6-7-13(19(22)23)14(10-4-2-1-3-5-10)15(11)12-8-9-17-18-12/h1-9H,(H,17,18)(H,20,21). The third-order valence-corrected chi connectivity index (χ3v) is 3.44. The lowest BCUT2D eigenvalue weighted by Crippen LogP contribution is -2.04. The van der Waals surface area contributed by atoms with E-state index >= 15 is 0 Å². The van der Waals surface area contributed by atoms with Crippen LogP contribution in [0.15, 0.2) is 54.7 Å². The number of benzene rings is 2. The Morgan fingerprint density at radius 1 is 1.09 bits per heavy atom. The van der Waals surface area contributed by atoms with Crippen molar-refractivity contribution in [1.82, 2.24) is 10.2 Å². The molecule has 3 aromatic rings. The first-order valence-corrected chi connectivity index (χ1v) is 6.69. The molecule has 2 N–H and O–H groups in total. The quantitative estimate of drug-likeness (QED) is 0.567.